The molecule has 4 rings (SSSR count). The zero-order valence-electron chi connectivity index (χ0n) is 16.7. The number of pyridine rings is 1. The zero-order chi connectivity index (χ0) is 22.9. The molecule has 0 spiro atoms. The third-order valence-corrected chi connectivity index (χ3v) is 5.59. The summed E-state index contributed by atoms with van der Waals surface area (Å²) in [5, 5.41) is 17.2. The molecule has 1 aliphatic carbocycles. The molecule has 32 heavy (non-hydrogen) atoms. The summed E-state index contributed by atoms with van der Waals surface area (Å²) in [5.74, 6) is -4.18. The largest absolute Gasteiger partial charge is 0.385 e. The fraction of sp³-hybridized carbons (Fsp3) is 0.273. The first-order chi connectivity index (χ1) is 15.3. The van der Waals surface area contributed by atoms with E-state index in [4.69, 9.17) is 11.6 Å². The lowest BCUT2D eigenvalue weighted by Crippen LogP contribution is -2.54. The van der Waals surface area contributed by atoms with Crippen LogP contribution < -0.4 is 10.9 Å². The molecule has 3 aromatic rings. The van der Waals surface area contributed by atoms with Gasteiger partial charge in [0.2, 0.25) is 0 Å². The summed E-state index contributed by atoms with van der Waals surface area (Å²) in [6.07, 6.45) is 0.765. The van der Waals surface area contributed by atoms with Crippen LogP contribution in [0.4, 0.5) is 8.78 Å². The van der Waals surface area contributed by atoms with E-state index >= 15 is 0 Å². The van der Waals surface area contributed by atoms with E-state index in [9.17, 15) is 23.5 Å². The van der Waals surface area contributed by atoms with Gasteiger partial charge >= 0.3 is 0 Å². The van der Waals surface area contributed by atoms with Crippen molar-refractivity contribution in [3.63, 3.8) is 0 Å². The lowest BCUT2D eigenvalue weighted by molar-refractivity contribution is -0.141. The summed E-state index contributed by atoms with van der Waals surface area (Å²) >= 11 is 5.95. The van der Waals surface area contributed by atoms with E-state index in [0.717, 1.165) is 4.68 Å². The SMILES string of the molecule is O=C(NC1CCCC(F)(F)C1O)c1cc(-c2ccc(Cl)cc2)nn(-c2cccnc2)c1=O. The summed E-state index contributed by atoms with van der Waals surface area (Å²) in [4.78, 5) is 30.0. The number of alkyl halides is 2. The maximum absolute atomic E-state index is 13.9. The number of amides is 1. The topological polar surface area (TPSA) is 97.1 Å². The number of halogens is 3. The van der Waals surface area contributed by atoms with Gasteiger partial charge in [-0.25, -0.2) is 8.78 Å². The summed E-state index contributed by atoms with van der Waals surface area (Å²) in [7, 11) is 0. The number of carbonyl (C=O) groups excluding carboxylic acids is 1. The average Bonchev–Trinajstić information content (AvgIpc) is 2.78. The Hall–Kier alpha value is -3.17. The van der Waals surface area contributed by atoms with Crippen molar-refractivity contribution in [2.75, 3.05) is 0 Å². The van der Waals surface area contributed by atoms with Crippen molar-refractivity contribution in [3.05, 3.63) is 75.8 Å². The van der Waals surface area contributed by atoms with Gasteiger partial charge in [0.15, 0.2) is 0 Å². The van der Waals surface area contributed by atoms with Crippen LogP contribution in [0.2, 0.25) is 5.02 Å². The molecule has 2 unspecified atom stereocenters. The monoisotopic (exact) mass is 460 g/mol. The first-order valence-corrected chi connectivity index (χ1v) is 10.3. The van der Waals surface area contributed by atoms with Gasteiger partial charge in [0.25, 0.3) is 17.4 Å². The number of nitrogens with zero attached hydrogens (tertiary/aromatic N) is 3. The molecule has 2 heterocycles. The van der Waals surface area contributed by atoms with Crippen LogP contribution in [-0.4, -0.2) is 43.8 Å². The first-order valence-electron chi connectivity index (χ1n) is 9.94. The smallest absolute Gasteiger partial charge is 0.284 e. The highest BCUT2D eigenvalue weighted by Gasteiger charge is 2.46. The van der Waals surface area contributed by atoms with Crippen LogP contribution in [0, 0.1) is 0 Å². The number of rotatable bonds is 4. The highest BCUT2D eigenvalue weighted by atomic mass is 35.5. The van der Waals surface area contributed by atoms with Gasteiger partial charge in [-0.2, -0.15) is 9.78 Å². The van der Waals surface area contributed by atoms with Crippen molar-refractivity contribution in [3.8, 4) is 16.9 Å². The van der Waals surface area contributed by atoms with Crippen molar-refractivity contribution in [2.45, 2.75) is 37.3 Å². The summed E-state index contributed by atoms with van der Waals surface area (Å²) in [6, 6.07) is 9.95. The van der Waals surface area contributed by atoms with Crippen LogP contribution in [0.25, 0.3) is 16.9 Å². The molecule has 2 N–H and O–H groups in total. The molecule has 1 fully saturated rings. The number of aliphatic hydroxyl groups is 1. The molecule has 7 nitrogen and oxygen atoms in total. The van der Waals surface area contributed by atoms with Crippen LogP contribution in [0.5, 0.6) is 0 Å². The highest BCUT2D eigenvalue weighted by Crippen LogP contribution is 2.33. The lowest BCUT2D eigenvalue weighted by atomic mass is 9.89. The van der Waals surface area contributed by atoms with E-state index in [0.29, 0.717) is 22.0 Å². The summed E-state index contributed by atoms with van der Waals surface area (Å²) in [5.41, 5.74) is 0.168. The minimum absolute atomic E-state index is 0.140. The minimum atomic E-state index is -3.31. The third kappa shape index (κ3) is 4.39. The van der Waals surface area contributed by atoms with E-state index in [1.807, 2.05) is 0 Å². The summed E-state index contributed by atoms with van der Waals surface area (Å²) < 4.78 is 28.8. The Balaban J connectivity index is 1.77. The number of nitrogens with one attached hydrogen (secondary N) is 1. The maximum atomic E-state index is 13.9. The second kappa shape index (κ2) is 8.76. The molecule has 0 saturated heterocycles. The van der Waals surface area contributed by atoms with Crippen molar-refractivity contribution < 1.29 is 18.7 Å². The first kappa shape index (κ1) is 22.0. The minimum Gasteiger partial charge on any atom is -0.385 e. The molecule has 0 radical (unpaired) electrons. The molecule has 0 bridgehead atoms. The van der Waals surface area contributed by atoms with E-state index in [1.165, 1.54) is 18.5 Å². The van der Waals surface area contributed by atoms with Crippen molar-refractivity contribution in [1.82, 2.24) is 20.1 Å². The Labute approximate surface area is 186 Å². The fourth-order valence-corrected chi connectivity index (χ4v) is 3.75. The molecule has 10 heteroatoms. The standard InChI is InChI=1S/C22H19ClF2N4O3/c23-14-7-5-13(6-8-14)18-11-16(21(32)29(28-18)15-3-2-10-26-12-15)20(31)27-17-4-1-9-22(24,25)19(17)30/h2-3,5-8,10-12,17,19,30H,1,4,9H2,(H,27,31). The Kier molecular flexibility index (Phi) is 6.03. The van der Waals surface area contributed by atoms with Crippen molar-refractivity contribution >= 4 is 17.5 Å². The molecular weight excluding hydrogens is 442 g/mol. The molecule has 166 valence electrons. The maximum Gasteiger partial charge on any atom is 0.284 e. The fourth-order valence-electron chi connectivity index (χ4n) is 3.63. The number of hydrogen-bond acceptors (Lipinski definition) is 5. The van der Waals surface area contributed by atoms with Crippen molar-refractivity contribution in [1.29, 1.82) is 0 Å². The predicted molar refractivity (Wildman–Crippen MR) is 114 cm³/mol. The average molecular weight is 461 g/mol. The van der Waals surface area contributed by atoms with Crippen LogP contribution in [-0.2, 0) is 0 Å². The van der Waals surface area contributed by atoms with Crippen molar-refractivity contribution in [2.24, 2.45) is 0 Å². The van der Waals surface area contributed by atoms with Gasteiger partial charge < -0.3 is 10.4 Å². The normalized spacial score (nSPS) is 20.0. The van der Waals surface area contributed by atoms with Crippen LogP contribution in [0.15, 0.2) is 59.7 Å². The van der Waals surface area contributed by atoms with Gasteiger partial charge in [0.05, 0.1) is 23.6 Å². The Morgan fingerprint density at radius 3 is 2.69 bits per heavy atom. The molecule has 1 aliphatic rings. The number of carbonyl (C=O) groups is 1. The number of benzene rings is 1. The summed E-state index contributed by atoms with van der Waals surface area (Å²) in [6.45, 7) is 0. The van der Waals surface area contributed by atoms with E-state index in [2.05, 4.69) is 15.4 Å². The van der Waals surface area contributed by atoms with Gasteiger partial charge in [0, 0.05) is 23.2 Å². The molecular formula is C22H19ClF2N4O3. The van der Waals surface area contributed by atoms with Gasteiger partial charge in [-0.3, -0.25) is 14.6 Å². The molecule has 2 atom stereocenters. The van der Waals surface area contributed by atoms with Crippen LogP contribution in [0.3, 0.4) is 0 Å². The molecule has 1 aromatic carbocycles. The molecule has 1 saturated carbocycles. The quantitative estimate of drug-likeness (QED) is 0.623. The third-order valence-electron chi connectivity index (χ3n) is 5.34. The second-order valence-electron chi connectivity index (χ2n) is 7.56. The second-order valence-corrected chi connectivity index (χ2v) is 7.99. The Bertz CT molecular complexity index is 1190. The Morgan fingerprint density at radius 1 is 1.25 bits per heavy atom. The Morgan fingerprint density at radius 2 is 2.00 bits per heavy atom. The van der Waals surface area contributed by atoms with E-state index in [1.54, 1.807) is 36.4 Å². The van der Waals surface area contributed by atoms with E-state index < -0.39 is 36.0 Å². The van der Waals surface area contributed by atoms with Crippen LogP contribution in [0.1, 0.15) is 29.6 Å². The van der Waals surface area contributed by atoms with Gasteiger partial charge in [-0.05, 0) is 43.2 Å². The van der Waals surface area contributed by atoms with Gasteiger partial charge in [0.1, 0.15) is 11.7 Å². The number of aromatic nitrogens is 3. The molecule has 0 aliphatic heterocycles. The molecule has 1 amide bonds. The number of aliphatic hydroxyl groups excluding tert-OH is 1. The predicted octanol–water partition coefficient (Wildman–Crippen LogP) is 3.23. The molecule has 2 aromatic heterocycles. The zero-order valence-corrected chi connectivity index (χ0v) is 17.5. The van der Waals surface area contributed by atoms with Crippen LogP contribution >= 0.6 is 11.6 Å². The number of hydrogen-bond donors (Lipinski definition) is 2. The van der Waals surface area contributed by atoms with Gasteiger partial charge in [-0.1, -0.05) is 23.7 Å². The highest BCUT2D eigenvalue weighted by molar-refractivity contribution is 6.30. The lowest BCUT2D eigenvalue weighted by Gasteiger charge is -2.34. The van der Waals surface area contributed by atoms with Gasteiger partial charge in [-0.15, -0.1) is 0 Å². The van der Waals surface area contributed by atoms with E-state index in [-0.39, 0.29) is 18.4 Å².